The number of carbonyl (C=O) groups excluding carboxylic acids is 2. The molecule has 5 rings (SSSR count). The highest BCUT2D eigenvalue weighted by molar-refractivity contribution is 5.95. The maximum absolute atomic E-state index is 14.3. The molecule has 0 unspecified atom stereocenters. The molecular formula is C36H41NO4. The van der Waals surface area contributed by atoms with Crippen LogP contribution in [-0.4, -0.2) is 30.7 Å². The van der Waals surface area contributed by atoms with E-state index in [9.17, 15) is 9.59 Å². The van der Waals surface area contributed by atoms with E-state index in [2.05, 4.69) is 62.5 Å². The van der Waals surface area contributed by atoms with Gasteiger partial charge in [0.15, 0.2) is 5.54 Å². The third kappa shape index (κ3) is 6.09. The Morgan fingerprint density at radius 1 is 0.976 bits per heavy atom. The number of carbonyl (C=O) groups is 2. The minimum Gasteiger partial charge on any atom is -0.465 e. The number of ether oxygens (including phenoxy) is 2. The molecule has 0 bridgehead atoms. The number of hydrogen-bond acceptors (Lipinski definition) is 5. The molecule has 0 saturated heterocycles. The first-order valence-electron chi connectivity index (χ1n) is 14.7. The fourth-order valence-electron chi connectivity index (χ4n) is 6.54. The zero-order valence-electron chi connectivity index (χ0n) is 24.6. The molecule has 0 radical (unpaired) electrons. The third-order valence-corrected chi connectivity index (χ3v) is 9.15. The summed E-state index contributed by atoms with van der Waals surface area (Å²) >= 11 is 0. The van der Waals surface area contributed by atoms with Gasteiger partial charge in [-0.05, 0) is 78.0 Å². The fourth-order valence-corrected chi connectivity index (χ4v) is 6.54. The van der Waals surface area contributed by atoms with Crippen LogP contribution in [0, 0.1) is 11.8 Å². The SMILES string of the molecule is COC(=O)c1ccc2c(c1)C=C[C@](CCc1ccccc1)(C(=O)O[C@@H]1C[C@H](C)CC[C@H]1C(C)(C)c1ccccc1)N2. The molecule has 1 saturated carbocycles. The van der Waals surface area contributed by atoms with E-state index in [-0.39, 0.29) is 29.4 Å². The predicted molar refractivity (Wildman–Crippen MR) is 164 cm³/mol. The van der Waals surface area contributed by atoms with Crippen LogP contribution in [-0.2, 0) is 26.1 Å². The number of aryl methyl sites for hydroxylation is 1. The highest BCUT2D eigenvalue weighted by Crippen LogP contribution is 2.44. The van der Waals surface area contributed by atoms with Gasteiger partial charge in [0.2, 0.25) is 0 Å². The lowest BCUT2D eigenvalue weighted by Crippen LogP contribution is -2.51. The summed E-state index contributed by atoms with van der Waals surface area (Å²) in [5.41, 5.74) is 3.36. The van der Waals surface area contributed by atoms with Crippen LogP contribution in [0.1, 0.15) is 73.5 Å². The number of nitrogens with one attached hydrogen (secondary N) is 1. The molecule has 0 amide bonds. The Bertz CT molecular complexity index is 1400. The first-order chi connectivity index (χ1) is 19.7. The fraction of sp³-hybridized carbons (Fsp3) is 0.389. The Morgan fingerprint density at radius 3 is 2.39 bits per heavy atom. The topological polar surface area (TPSA) is 64.6 Å². The van der Waals surface area contributed by atoms with E-state index >= 15 is 0 Å². The van der Waals surface area contributed by atoms with Gasteiger partial charge in [-0.3, -0.25) is 0 Å². The van der Waals surface area contributed by atoms with Gasteiger partial charge in [0.05, 0.1) is 12.7 Å². The molecule has 5 nitrogen and oxygen atoms in total. The van der Waals surface area contributed by atoms with Gasteiger partial charge in [-0.15, -0.1) is 0 Å². The second-order valence-corrected chi connectivity index (χ2v) is 12.3. The third-order valence-electron chi connectivity index (χ3n) is 9.15. The number of benzene rings is 3. The summed E-state index contributed by atoms with van der Waals surface area (Å²) in [6.07, 6.45) is 7.91. The lowest BCUT2D eigenvalue weighted by molar-refractivity contribution is -0.160. The summed E-state index contributed by atoms with van der Waals surface area (Å²) in [5.74, 6) is 0.0577. The Morgan fingerprint density at radius 2 is 1.68 bits per heavy atom. The van der Waals surface area contributed by atoms with Crippen LogP contribution in [0.3, 0.4) is 0 Å². The van der Waals surface area contributed by atoms with E-state index in [1.54, 1.807) is 12.1 Å². The van der Waals surface area contributed by atoms with Crippen LogP contribution in [0.4, 0.5) is 5.69 Å². The first-order valence-corrected chi connectivity index (χ1v) is 14.7. The molecular weight excluding hydrogens is 510 g/mol. The van der Waals surface area contributed by atoms with Gasteiger partial charge in [-0.25, -0.2) is 9.59 Å². The van der Waals surface area contributed by atoms with E-state index < -0.39 is 5.54 Å². The summed E-state index contributed by atoms with van der Waals surface area (Å²) in [6, 6.07) is 26.2. The molecule has 2 aliphatic rings. The van der Waals surface area contributed by atoms with Crippen LogP contribution in [0.25, 0.3) is 6.08 Å². The molecule has 1 aliphatic heterocycles. The zero-order valence-corrected chi connectivity index (χ0v) is 24.6. The van der Waals surface area contributed by atoms with Crippen molar-refractivity contribution in [2.24, 2.45) is 11.8 Å². The van der Waals surface area contributed by atoms with E-state index in [1.807, 2.05) is 42.5 Å². The predicted octanol–water partition coefficient (Wildman–Crippen LogP) is 7.61. The second-order valence-electron chi connectivity index (χ2n) is 12.3. The molecule has 5 heteroatoms. The number of esters is 2. The van der Waals surface area contributed by atoms with Crippen molar-refractivity contribution in [1.82, 2.24) is 0 Å². The molecule has 1 fully saturated rings. The summed E-state index contributed by atoms with van der Waals surface area (Å²) in [6.45, 7) is 6.82. The van der Waals surface area contributed by atoms with Gasteiger partial charge >= 0.3 is 11.9 Å². The van der Waals surface area contributed by atoms with Gasteiger partial charge in [0.25, 0.3) is 0 Å². The maximum atomic E-state index is 14.3. The van der Waals surface area contributed by atoms with Crippen molar-refractivity contribution in [3.05, 3.63) is 107 Å². The zero-order chi connectivity index (χ0) is 29.0. The molecule has 3 aromatic carbocycles. The van der Waals surface area contributed by atoms with Crippen LogP contribution in [0.15, 0.2) is 84.9 Å². The van der Waals surface area contributed by atoms with Crippen molar-refractivity contribution in [2.45, 2.75) is 69.9 Å². The standard InChI is InChI=1S/C36H41NO4/c1-25-15-17-30(35(2,3)29-13-9-6-10-14-29)32(23-25)41-34(39)36(21-19-26-11-7-5-8-12-26)22-20-27-24-28(33(38)40-4)16-18-31(27)37-36/h5-14,16,18,20,22,24-25,30,32,37H,15,17,19,21,23H2,1-4H3/t25-,30-,32-,36-/m1/s1. The molecule has 1 aliphatic carbocycles. The van der Waals surface area contributed by atoms with E-state index in [0.717, 1.165) is 36.1 Å². The highest BCUT2D eigenvalue weighted by Gasteiger charge is 2.46. The molecule has 214 valence electrons. The lowest BCUT2D eigenvalue weighted by atomic mass is 9.64. The minimum atomic E-state index is -1.03. The van der Waals surface area contributed by atoms with Gasteiger partial charge in [-0.1, -0.05) is 93.9 Å². The van der Waals surface area contributed by atoms with Gasteiger partial charge in [0, 0.05) is 11.6 Å². The number of fused-ring (bicyclic) bond motifs is 1. The molecule has 3 aromatic rings. The van der Waals surface area contributed by atoms with E-state index in [1.165, 1.54) is 12.7 Å². The minimum absolute atomic E-state index is 0.143. The first kappa shape index (κ1) is 28.7. The van der Waals surface area contributed by atoms with E-state index in [4.69, 9.17) is 9.47 Å². The Balaban J connectivity index is 1.45. The van der Waals surface area contributed by atoms with Crippen molar-refractivity contribution in [3.63, 3.8) is 0 Å². The quantitative estimate of drug-likeness (QED) is 0.292. The Hall–Kier alpha value is -3.86. The maximum Gasteiger partial charge on any atom is 0.337 e. The average molecular weight is 552 g/mol. The molecule has 0 aromatic heterocycles. The summed E-state index contributed by atoms with van der Waals surface area (Å²) in [5, 5.41) is 3.54. The summed E-state index contributed by atoms with van der Waals surface area (Å²) in [4.78, 5) is 26.5. The van der Waals surface area contributed by atoms with Crippen molar-refractivity contribution in [2.75, 3.05) is 12.4 Å². The van der Waals surface area contributed by atoms with Crippen LogP contribution < -0.4 is 5.32 Å². The monoisotopic (exact) mass is 551 g/mol. The largest absolute Gasteiger partial charge is 0.465 e. The van der Waals surface area contributed by atoms with E-state index in [0.29, 0.717) is 24.3 Å². The highest BCUT2D eigenvalue weighted by atomic mass is 16.5. The van der Waals surface area contributed by atoms with Gasteiger partial charge < -0.3 is 14.8 Å². The van der Waals surface area contributed by atoms with Crippen molar-refractivity contribution in [3.8, 4) is 0 Å². The number of anilines is 1. The molecule has 1 N–H and O–H groups in total. The molecule has 1 heterocycles. The molecule has 4 atom stereocenters. The number of methoxy groups -OCH3 is 1. The molecule has 0 spiro atoms. The lowest BCUT2D eigenvalue weighted by Gasteiger charge is -2.45. The van der Waals surface area contributed by atoms with Crippen LogP contribution in [0.2, 0.25) is 0 Å². The normalized spacial score (nSPS) is 23.7. The van der Waals surface area contributed by atoms with Gasteiger partial charge in [0.1, 0.15) is 6.10 Å². The smallest absolute Gasteiger partial charge is 0.337 e. The summed E-state index contributed by atoms with van der Waals surface area (Å²) < 4.78 is 11.5. The van der Waals surface area contributed by atoms with Crippen molar-refractivity contribution < 1.29 is 19.1 Å². The Kier molecular flexibility index (Phi) is 8.35. The number of hydrogen-bond donors (Lipinski definition) is 1. The second kappa shape index (κ2) is 11.9. The van der Waals surface area contributed by atoms with Crippen LogP contribution >= 0.6 is 0 Å². The van der Waals surface area contributed by atoms with Crippen molar-refractivity contribution in [1.29, 1.82) is 0 Å². The number of rotatable bonds is 8. The Labute approximate surface area is 244 Å². The summed E-state index contributed by atoms with van der Waals surface area (Å²) in [7, 11) is 1.37. The van der Waals surface area contributed by atoms with Crippen molar-refractivity contribution >= 4 is 23.7 Å². The molecule has 41 heavy (non-hydrogen) atoms. The van der Waals surface area contributed by atoms with Crippen LogP contribution in [0.5, 0.6) is 0 Å². The average Bonchev–Trinajstić information content (AvgIpc) is 3.00. The van der Waals surface area contributed by atoms with Gasteiger partial charge in [-0.2, -0.15) is 0 Å².